The van der Waals surface area contributed by atoms with Gasteiger partial charge in [0.05, 0.1) is 0 Å². The molecule has 3 rings (SSSR count). The molecule has 0 saturated carbocycles. The first-order valence-electron chi connectivity index (χ1n) is 7.00. The quantitative estimate of drug-likeness (QED) is 0.789. The van der Waals surface area contributed by atoms with E-state index in [2.05, 4.69) is 40.3 Å². The summed E-state index contributed by atoms with van der Waals surface area (Å²) in [5, 5.41) is 3.25. The average Bonchev–Trinajstić information content (AvgIpc) is 2.88. The van der Waals surface area contributed by atoms with E-state index in [4.69, 9.17) is 4.42 Å². The SMILES string of the molecule is Cc1cc(N(C)C)ccc1CNc1nc2ccccc2o1. The molecule has 4 heteroatoms. The van der Waals surface area contributed by atoms with Gasteiger partial charge in [-0.05, 0) is 42.3 Å². The number of rotatable bonds is 4. The Labute approximate surface area is 124 Å². The molecule has 0 radical (unpaired) electrons. The Morgan fingerprint density at radius 2 is 1.95 bits per heavy atom. The van der Waals surface area contributed by atoms with Gasteiger partial charge in [0.2, 0.25) is 0 Å². The molecule has 1 heterocycles. The maximum Gasteiger partial charge on any atom is 0.295 e. The van der Waals surface area contributed by atoms with Gasteiger partial charge in [0, 0.05) is 26.3 Å². The van der Waals surface area contributed by atoms with Crippen molar-refractivity contribution in [2.75, 3.05) is 24.3 Å². The van der Waals surface area contributed by atoms with Crippen molar-refractivity contribution in [2.45, 2.75) is 13.5 Å². The van der Waals surface area contributed by atoms with Crippen LogP contribution in [0.15, 0.2) is 46.9 Å². The number of aromatic nitrogens is 1. The topological polar surface area (TPSA) is 41.3 Å². The number of fused-ring (bicyclic) bond motifs is 1. The average molecular weight is 281 g/mol. The molecule has 0 aliphatic carbocycles. The highest BCUT2D eigenvalue weighted by atomic mass is 16.4. The van der Waals surface area contributed by atoms with E-state index < -0.39 is 0 Å². The molecule has 108 valence electrons. The van der Waals surface area contributed by atoms with E-state index in [1.54, 1.807) is 0 Å². The van der Waals surface area contributed by atoms with Crippen molar-refractivity contribution in [2.24, 2.45) is 0 Å². The number of nitrogens with one attached hydrogen (secondary N) is 1. The molecule has 21 heavy (non-hydrogen) atoms. The molecule has 0 atom stereocenters. The van der Waals surface area contributed by atoms with Crippen molar-refractivity contribution in [3.8, 4) is 0 Å². The van der Waals surface area contributed by atoms with E-state index in [-0.39, 0.29) is 0 Å². The minimum atomic E-state index is 0.562. The lowest BCUT2D eigenvalue weighted by Gasteiger charge is -2.15. The number of nitrogens with zero attached hydrogens (tertiary/aromatic N) is 2. The van der Waals surface area contributed by atoms with E-state index in [1.807, 2.05) is 38.4 Å². The summed E-state index contributed by atoms with van der Waals surface area (Å²) in [6.07, 6.45) is 0. The molecule has 0 aliphatic rings. The molecule has 0 aliphatic heterocycles. The predicted molar refractivity (Wildman–Crippen MR) is 86.8 cm³/mol. The standard InChI is InChI=1S/C17H19N3O/c1-12-10-14(20(2)3)9-8-13(12)11-18-17-19-15-6-4-5-7-16(15)21-17/h4-10H,11H2,1-3H3,(H,18,19). The van der Waals surface area contributed by atoms with E-state index in [0.29, 0.717) is 12.6 Å². The molecule has 2 aromatic carbocycles. The summed E-state index contributed by atoms with van der Waals surface area (Å²) in [6.45, 7) is 2.82. The van der Waals surface area contributed by atoms with Crippen molar-refractivity contribution < 1.29 is 4.42 Å². The van der Waals surface area contributed by atoms with Crippen molar-refractivity contribution in [3.63, 3.8) is 0 Å². The second-order valence-electron chi connectivity index (χ2n) is 5.35. The van der Waals surface area contributed by atoms with Crippen molar-refractivity contribution in [1.29, 1.82) is 0 Å². The highest BCUT2D eigenvalue weighted by molar-refractivity contribution is 5.74. The van der Waals surface area contributed by atoms with Gasteiger partial charge in [0.25, 0.3) is 6.01 Å². The van der Waals surface area contributed by atoms with Gasteiger partial charge in [0.1, 0.15) is 5.52 Å². The fourth-order valence-corrected chi connectivity index (χ4v) is 2.28. The normalized spacial score (nSPS) is 10.8. The molecule has 0 amide bonds. The maximum atomic E-state index is 5.66. The second kappa shape index (κ2) is 5.48. The Morgan fingerprint density at radius 3 is 2.67 bits per heavy atom. The zero-order valence-corrected chi connectivity index (χ0v) is 12.6. The molecular formula is C17H19N3O. The molecule has 4 nitrogen and oxygen atoms in total. The second-order valence-corrected chi connectivity index (χ2v) is 5.35. The van der Waals surface area contributed by atoms with Gasteiger partial charge in [0.15, 0.2) is 5.58 Å². The minimum Gasteiger partial charge on any atom is -0.424 e. The number of anilines is 2. The van der Waals surface area contributed by atoms with Gasteiger partial charge in [-0.3, -0.25) is 0 Å². The maximum absolute atomic E-state index is 5.66. The van der Waals surface area contributed by atoms with Gasteiger partial charge in [-0.1, -0.05) is 18.2 Å². The third-order valence-electron chi connectivity index (χ3n) is 3.57. The number of oxazole rings is 1. The zero-order chi connectivity index (χ0) is 14.8. The molecule has 3 aromatic rings. The van der Waals surface area contributed by atoms with Crippen LogP contribution < -0.4 is 10.2 Å². The third kappa shape index (κ3) is 2.84. The summed E-state index contributed by atoms with van der Waals surface area (Å²) in [5.74, 6) is 0. The van der Waals surface area contributed by atoms with Crippen molar-refractivity contribution in [1.82, 2.24) is 4.98 Å². The lowest BCUT2D eigenvalue weighted by Crippen LogP contribution is -2.09. The molecular weight excluding hydrogens is 262 g/mol. The number of para-hydroxylation sites is 2. The van der Waals surface area contributed by atoms with Gasteiger partial charge >= 0.3 is 0 Å². The van der Waals surface area contributed by atoms with Crippen molar-refractivity contribution in [3.05, 3.63) is 53.6 Å². The van der Waals surface area contributed by atoms with E-state index in [0.717, 1.165) is 11.1 Å². The van der Waals surface area contributed by atoms with Crippen LogP contribution in [0.25, 0.3) is 11.1 Å². The first-order chi connectivity index (χ1) is 10.1. The molecule has 1 aromatic heterocycles. The molecule has 0 spiro atoms. The van der Waals surface area contributed by atoms with Crippen LogP contribution in [-0.2, 0) is 6.54 Å². The number of hydrogen-bond donors (Lipinski definition) is 1. The van der Waals surface area contributed by atoms with Crippen LogP contribution in [0.5, 0.6) is 0 Å². The van der Waals surface area contributed by atoms with Crippen LogP contribution in [0.1, 0.15) is 11.1 Å². The summed E-state index contributed by atoms with van der Waals surface area (Å²) < 4.78 is 5.66. The van der Waals surface area contributed by atoms with Gasteiger partial charge in [-0.2, -0.15) is 4.98 Å². The highest BCUT2D eigenvalue weighted by Crippen LogP contribution is 2.21. The predicted octanol–water partition coefficient (Wildman–Crippen LogP) is 3.81. The fourth-order valence-electron chi connectivity index (χ4n) is 2.28. The summed E-state index contributed by atoms with van der Waals surface area (Å²) >= 11 is 0. The monoisotopic (exact) mass is 281 g/mol. The van der Waals surface area contributed by atoms with Crippen LogP contribution >= 0.6 is 0 Å². The molecule has 0 unspecified atom stereocenters. The molecule has 0 bridgehead atoms. The summed E-state index contributed by atoms with van der Waals surface area (Å²) in [5.41, 5.74) is 5.38. The first-order valence-corrected chi connectivity index (χ1v) is 7.00. The van der Waals surface area contributed by atoms with Crippen LogP contribution in [0, 0.1) is 6.92 Å². The van der Waals surface area contributed by atoms with Crippen LogP contribution in [-0.4, -0.2) is 19.1 Å². The zero-order valence-electron chi connectivity index (χ0n) is 12.6. The van der Waals surface area contributed by atoms with Crippen LogP contribution in [0.2, 0.25) is 0 Å². The Kier molecular flexibility index (Phi) is 3.52. The van der Waals surface area contributed by atoms with Gasteiger partial charge < -0.3 is 14.6 Å². The first kappa shape index (κ1) is 13.5. The third-order valence-corrected chi connectivity index (χ3v) is 3.57. The number of aryl methyl sites for hydroxylation is 1. The highest BCUT2D eigenvalue weighted by Gasteiger charge is 2.06. The Hall–Kier alpha value is -2.49. The lowest BCUT2D eigenvalue weighted by atomic mass is 10.1. The van der Waals surface area contributed by atoms with Gasteiger partial charge in [-0.15, -0.1) is 0 Å². The lowest BCUT2D eigenvalue weighted by molar-refractivity contribution is 0.614. The number of hydrogen-bond acceptors (Lipinski definition) is 4. The Morgan fingerprint density at radius 1 is 1.14 bits per heavy atom. The summed E-state index contributed by atoms with van der Waals surface area (Å²) in [4.78, 5) is 6.52. The summed E-state index contributed by atoms with van der Waals surface area (Å²) in [7, 11) is 4.09. The molecule has 1 N–H and O–H groups in total. The van der Waals surface area contributed by atoms with E-state index in [9.17, 15) is 0 Å². The van der Waals surface area contributed by atoms with Crippen LogP contribution in [0.4, 0.5) is 11.7 Å². The van der Waals surface area contributed by atoms with E-state index in [1.165, 1.54) is 16.8 Å². The Balaban J connectivity index is 1.75. The smallest absolute Gasteiger partial charge is 0.295 e. The minimum absolute atomic E-state index is 0.562. The van der Waals surface area contributed by atoms with Crippen molar-refractivity contribution >= 4 is 22.8 Å². The largest absolute Gasteiger partial charge is 0.424 e. The summed E-state index contributed by atoms with van der Waals surface area (Å²) in [6, 6.07) is 14.8. The molecule has 0 saturated heterocycles. The fraction of sp³-hybridized carbons (Fsp3) is 0.235. The number of benzene rings is 2. The van der Waals surface area contributed by atoms with Gasteiger partial charge in [-0.25, -0.2) is 0 Å². The van der Waals surface area contributed by atoms with Crippen LogP contribution in [0.3, 0.4) is 0 Å². The molecule has 0 fully saturated rings. The van der Waals surface area contributed by atoms with E-state index >= 15 is 0 Å². The Bertz CT molecular complexity index is 729.